The molecule has 2 aromatic heterocycles. The number of rotatable bonds is 3. The Hall–Kier alpha value is -2.99. The average Bonchev–Trinajstić information content (AvgIpc) is 3.06. The molecule has 4 rings (SSSR count). The SMILES string of the molecule is O=C(Nc1ccc(-c2cn3cccnc3n2)cc1)c1cccc(Br)c1. The number of hydrogen-bond donors (Lipinski definition) is 1. The third-order valence-electron chi connectivity index (χ3n) is 3.76. The van der Waals surface area contributed by atoms with Crippen LogP contribution in [0.3, 0.4) is 0 Å². The maximum Gasteiger partial charge on any atom is 0.255 e. The van der Waals surface area contributed by atoms with E-state index in [9.17, 15) is 4.79 Å². The van der Waals surface area contributed by atoms with Gasteiger partial charge in [-0.1, -0.05) is 34.1 Å². The third kappa shape index (κ3) is 3.29. The topological polar surface area (TPSA) is 59.3 Å². The van der Waals surface area contributed by atoms with Crippen molar-refractivity contribution in [3.8, 4) is 11.3 Å². The number of anilines is 1. The van der Waals surface area contributed by atoms with E-state index in [4.69, 9.17) is 0 Å². The van der Waals surface area contributed by atoms with Gasteiger partial charge in [0.05, 0.1) is 5.69 Å². The Kier molecular flexibility index (Phi) is 4.03. The Morgan fingerprint density at radius 2 is 1.92 bits per heavy atom. The van der Waals surface area contributed by atoms with E-state index in [2.05, 4.69) is 31.2 Å². The number of benzene rings is 2. The normalized spacial score (nSPS) is 10.8. The number of fused-ring (bicyclic) bond motifs is 1. The standard InChI is InChI=1S/C19H13BrN4O/c20-15-4-1-3-14(11-15)18(25)22-16-7-5-13(6-8-16)17-12-24-10-2-9-21-19(24)23-17/h1-12H,(H,22,25). The van der Waals surface area contributed by atoms with Gasteiger partial charge < -0.3 is 5.32 Å². The maximum atomic E-state index is 12.3. The summed E-state index contributed by atoms with van der Waals surface area (Å²) in [6.07, 6.45) is 5.55. The minimum Gasteiger partial charge on any atom is -0.322 e. The number of nitrogens with zero attached hydrogens (tertiary/aromatic N) is 3. The number of nitrogens with one attached hydrogen (secondary N) is 1. The van der Waals surface area contributed by atoms with Crippen LogP contribution in [0.5, 0.6) is 0 Å². The van der Waals surface area contributed by atoms with E-state index < -0.39 is 0 Å². The van der Waals surface area contributed by atoms with Crippen LogP contribution in [-0.2, 0) is 0 Å². The van der Waals surface area contributed by atoms with Gasteiger partial charge in [-0.05, 0) is 36.4 Å². The van der Waals surface area contributed by atoms with Gasteiger partial charge in [-0.3, -0.25) is 9.20 Å². The molecule has 0 aliphatic carbocycles. The van der Waals surface area contributed by atoms with Crippen LogP contribution in [0.2, 0.25) is 0 Å². The fraction of sp³-hybridized carbons (Fsp3) is 0. The molecule has 5 nitrogen and oxygen atoms in total. The lowest BCUT2D eigenvalue weighted by molar-refractivity contribution is 0.102. The van der Waals surface area contributed by atoms with Crippen LogP contribution in [-0.4, -0.2) is 20.3 Å². The molecule has 0 unspecified atom stereocenters. The van der Waals surface area contributed by atoms with E-state index in [1.54, 1.807) is 18.3 Å². The van der Waals surface area contributed by atoms with Crippen LogP contribution in [0.25, 0.3) is 17.0 Å². The van der Waals surface area contributed by atoms with Crippen molar-refractivity contribution < 1.29 is 4.79 Å². The molecular formula is C19H13BrN4O. The predicted octanol–water partition coefficient (Wildman–Crippen LogP) is 4.41. The van der Waals surface area contributed by atoms with E-state index in [-0.39, 0.29) is 5.91 Å². The van der Waals surface area contributed by atoms with Crippen molar-refractivity contribution in [2.75, 3.05) is 5.32 Å². The molecule has 2 aromatic carbocycles. The largest absolute Gasteiger partial charge is 0.322 e. The van der Waals surface area contributed by atoms with Crippen molar-refractivity contribution >= 4 is 33.3 Å². The second-order valence-electron chi connectivity index (χ2n) is 5.49. The summed E-state index contributed by atoms with van der Waals surface area (Å²) in [5, 5.41) is 2.89. The number of carbonyl (C=O) groups excluding carboxylic acids is 1. The summed E-state index contributed by atoms with van der Waals surface area (Å²) in [5.74, 6) is 0.510. The smallest absolute Gasteiger partial charge is 0.255 e. The zero-order valence-electron chi connectivity index (χ0n) is 13.1. The van der Waals surface area contributed by atoms with Gasteiger partial charge in [0, 0.05) is 39.9 Å². The highest BCUT2D eigenvalue weighted by Crippen LogP contribution is 2.21. The Bertz CT molecular complexity index is 1020. The first-order valence-electron chi connectivity index (χ1n) is 7.66. The zero-order valence-corrected chi connectivity index (χ0v) is 14.6. The van der Waals surface area contributed by atoms with Crippen LogP contribution in [0.4, 0.5) is 5.69 Å². The summed E-state index contributed by atoms with van der Waals surface area (Å²) < 4.78 is 2.74. The minimum absolute atomic E-state index is 0.147. The van der Waals surface area contributed by atoms with Gasteiger partial charge in [-0.2, -0.15) is 0 Å². The highest BCUT2D eigenvalue weighted by atomic mass is 79.9. The van der Waals surface area contributed by atoms with E-state index >= 15 is 0 Å². The lowest BCUT2D eigenvalue weighted by Crippen LogP contribution is -2.11. The molecule has 0 saturated carbocycles. The number of amides is 1. The van der Waals surface area contributed by atoms with Crippen molar-refractivity contribution in [3.63, 3.8) is 0 Å². The molecule has 1 amide bonds. The second-order valence-corrected chi connectivity index (χ2v) is 6.41. The van der Waals surface area contributed by atoms with Crippen LogP contribution in [0.1, 0.15) is 10.4 Å². The van der Waals surface area contributed by atoms with E-state index in [1.165, 1.54) is 0 Å². The van der Waals surface area contributed by atoms with E-state index in [0.29, 0.717) is 11.3 Å². The molecule has 0 atom stereocenters. The maximum absolute atomic E-state index is 12.3. The molecule has 0 saturated heterocycles. The third-order valence-corrected chi connectivity index (χ3v) is 4.25. The molecular weight excluding hydrogens is 380 g/mol. The quantitative estimate of drug-likeness (QED) is 0.561. The monoisotopic (exact) mass is 392 g/mol. The van der Waals surface area contributed by atoms with Gasteiger partial charge in [0.2, 0.25) is 5.78 Å². The number of carbonyl (C=O) groups is 1. The summed E-state index contributed by atoms with van der Waals surface area (Å²) in [4.78, 5) is 21.0. The Labute approximate surface area is 152 Å². The first-order valence-corrected chi connectivity index (χ1v) is 8.45. The highest BCUT2D eigenvalue weighted by Gasteiger charge is 2.08. The van der Waals surface area contributed by atoms with E-state index in [0.717, 1.165) is 21.4 Å². The molecule has 0 bridgehead atoms. The van der Waals surface area contributed by atoms with Crippen LogP contribution in [0.15, 0.2) is 77.7 Å². The average molecular weight is 393 g/mol. The summed E-state index contributed by atoms with van der Waals surface area (Å²) in [6, 6.07) is 16.7. The molecule has 6 heteroatoms. The Balaban J connectivity index is 1.54. The Morgan fingerprint density at radius 1 is 1.08 bits per heavy atom. The van der Waals surface area contributed by atoms with E-state index in [1.807, 2.05) is 59.3 Å². The summed E-state index contributed by atoms with van der Waals surface area (Å²) in [6.45, 7) is 0. The highest BCUT2D eigenvalue weighted by molar-refractivity contribution is 9.10. The summed E-state index contributed by atoms with van der Waals surface area (Å²) >= 11 is 3.37. The second kappa shape index (κ2) is 6.49. The lowest BCUT2D eigenvalue weighted by atomic mass is 10.1. The number of halogens is 1. The molecule has 0 spiro atoms. The van der Waals surface area contributed by atoms with Crippen molar-refractivity contribution in [3.05, 3.63) is 83.2 Å². The number of aromatic nitrogens is 3. The molecule has 0 aliphatic heterocycles. The van der Waals surface area contributed by atoms with Gasteiger partial charge in [0.15, 0.2) is 0 Å². The minimum atomic E-state index is -0.147. The molecule has 4 aromatic rings. The van der Waals surface area contributed by atoms with Crippen molar-refractivity contribution in [2.45, 2.75) is 0 Å². The van der Waals surface area contributed by atoms with Gasteiger partial charge in [-0.25, -0.2) is 9.97 Å². The molecule has 2 heterocycles. The predicted molar refractivity (Wildman–Crippen MR) is 101 cm³/mol. The Morgan fingerprint density at radius 3 is 2.68 bits per heavy atom. The van der Waals surface area contributed by atoms with Gasteiger partial charge >= 0.3 is 0 Å². The van der Waals surface area contributed by atoms with Crippen molar-refractivity contribution in [2.24, 2.45) is 0 Å². The summed E-state index contributed by atoms with van der Waals surface area (Å²) in [5.41, 5.74) is 3.13. The van der Waals surface area contributed by atoms with Gasteiger partial charge in [-0.15, -0.1) is 0 Å². The van der Waals surface area contributed by atoms with Gasteiger partial charge in [0.1, 0.15) is 0 Å². The van der Waals surface area contributed by atoms with Crippen LogP contribution in [0, 0.1) is 0 Å². The molecule has 122 valence electrons. The number of imidazole rings is 1. The first-order chi connectivity index (χ1) is 12.2. The van der Waals surface area contributed by atoms with Crippen molar-refractivity contribution in [1.29, 1.82) is 0 Å². The number of hydrogen-bond acceptors (Lipinski definition) is 3. The zero-order chi connectivity index (χ0) is 17.2. The van der Waals surface area contributed by atoms with Crippen molar-refractivity contribution in [1.82, 2.24) is 14.4 Å². The molecule has 0 aliphatic rings. The molecule has 25 heavy (non-hydrogen) atoms. The van der Waals surface area contributed by atoms with Gasteiger partial charge in [0.25, 0.3) is 5.91 Å². The van der Waals surface area contributed by atoms with Crippen LogP contribution < -0.4 is 5.32 Å². The molecule has 1 N–H and O–H groups in total. The molecule has 0 radical (unpaired) electrons. The fourth-order valence-electron chi connectivity index (χ4n) is 2.53. The summed E-state index contributed by atoms with van der Waals surface area (Å²) in [7, 11) is 0. The van der Waals surface area contributed by atoms with Crippen LogP contribution >= 0.6 is 15.9 Å². The first kappa shape index (κ1) is 15.5. The fourth-order valence-corrected chi connectivity index (χ4v) is 2.93. The molecule has 0 fully saturated rings. The lowest BCUT2D eigenvalue weighted by Gasteiger charge is -2.06.